The molecule has 0 aliphatic carbocycles. The zero-order valence-corrected chi connectivity index (χ0v) is 64.2. The molecule has 0 N–H and O–H groups in total. The standard InChI is InChI=1S/C98H108BN3/c1-91(2,3)69-45-65(46-70(55-69)92(4,5)6)61-33-39-77(40-34-61)100-86-43-37-63(67-49-73(95(13,14)15)57-74(50-67)96(16,17)18)53-82(86)99-83-54-64(68-51-75(97(19,20)21)58-76(52-68)98(22,23)24)38-44-87(83)101(78-41-35-62(36-42-78)66-47-71(93(7,8)9)56-72(48-66)94(10,11)12)89-60-79(59-88(100)90(89)99)102-84-31-27-25-29-80(84)81-30-26-28-32-85(81)102/h25-60H,1-24H3/i25D,26D,27D,28D,29D,30D,31D,32D,45D,46D,47D,48D,49D,50D,51D,52D,55D,56D,57D,58D. The Bertz CT molecular complexity index is 5970. The Morgan fingerprint density at radius 3 is 0.784 bits per heavy atom. The number of hydrogen-bond donors (Lipinski definition) is 0. The van der Waals surface area contributed by atoms with Crippen molar-refractivity contribution in [2.45, 2.75) is 209 Å². The van der Waals surface area contributed by atoms with Crippen molar-refractivity contribution in [2.75, 3.05) is 9.80 Å². The van der Waals surface area contributed by atoms with Gasteiger partial charge < -0.3 is 14.4 Å². The monoisotopic (exact) mass is 1360 g/mol. The molecule has 518 valence electrons. The Labute approximate surface area is 640 Å². The lowest BCUT2D eigenvalue weighted by atomic mass is 9.33. The molecule has 2 aliphatic rings. The largest absolute Gasteiger partial charge is 0.311 e. The van der Waals surface area contributed by atoms with Crippen LogP contribution in [0.5, 0.6) is 0 Å². The first-order valence-corrected chi connectivity index (χ1v) is 35.9. The van der Waals surface area contributed by atoms with Crippen molar-refractivity contribution in [3.63, 3.8) is 0 Å². The van der Waals surface area contributed by atoms with Crippen molar-refractivity contribution in [1.29, 1.82) is 0 Å². The quantitative estimate of drug-likeness (QED) is 0.147. The third-order valence-corrected chi connectivity index (χ3v) is 19.7. The van der Waals surface area contributed by atoms with E-state index in [0.717, 1.165) is 0 Å². The summed E-state index contributed by atoms with van der Waals surface area (Å²) in [4.78, 5) is 4.07. The van der Waals surface area contributed by atoms with Gasteiger partial charge in [0.1, 0.15) is 0 Å². The third kappa shape index (κ3) is 12.9. The van der Waals surface area contributed by atoms with Crippen LogP contribution in [0.25, 0.3) is 72.0 Å². The van der Waals surface area contributed by atoms with E-state index in [2.05, 4.69) is 0 Å². The maximum absolute atomic E-state index is 10.4. The SMILES string of the molecule is [2H]c1c(-c2ccc(N3c4ccc(-c5c([2H])c(C(C)(C)C)c([2H])c(C(C)(C)C)c5[2H])cc4B4c5cc(-c6c([2H])c(C(C)(C)C)c([2H])c(C(C)(C)C)c6[2H])ccc5N(c5ccc(-c6c([2H])c(C(C)(C)C)c([2H])c(C(C)(C)C)c6[2H])cc5)c5cc(-n6c7c([2H])c([2H])c([2H])c([2H])c7c7c([2H])c([2H])c([2H])c([2H])c76)cc3c54)cc2)c([2H])c(C(C)(C)C)c([2H])c1C(C)(C)C. The van der Waals surface area contributed by atoms with Gasteiger partial charge in [-0.2, -0.15) is 0 Å². The summed E-state index contributed by atoms with van der Waals surface area (Å²) in [5, 5.41) is -0.299. The highest BCUT2D eigenvalue weighted by molar-refractivity contribution is 7.00. The molecule has 2 aliphatic heterocycles. The Morgan fingerprint density at radius 1 is 0.255 bits per heavy atom. The van der Waals surface area contributed by atoms with Crippen LogP contribution in [-0.2, 0) is 43.3 Å². The van der Waals surface area contributed by atoms with E-state index >= 15 is 0 Å². The van der Waals surface area contributed by atoms with E-state index in [1.54, 1.807) is 0 Å². The van der Waals surface area contributed by atoms with Crippen LogP contribution in [-0.4, -0.2) is 11.3 Å². The highest BCUT2D eigenvalue weighted by Crippen LogP contribution is 2.50. The molecule has 0 spiro atoms. The number of anilines is 6. The van der Waals surface area contributed by atoms with Gasteiger partial charge in [0.25, 0.3) is 6.71 Å². The minimum atomic E-state index is -0.942. The van der Waals surface area contributed by atoms with Crippen molar-refractivity contribution in [3.8, 4) is 50.2 Å². The molecule has 0 amide bonds. The third-order valence-electron chi connectivity index (χ3n) is 19.7. The molecule has 0 bridgehead atoms. The summed E-state index contributed by atoms with van der Waals surface area (Å²) in [6.45, 7) is 46.1. The fraction of sp³-hybridized carbons (Fsp3) is 0.327. The van der Waals surface area contributed by atoms with Gasteiger partial charge in [0.15, 0.2) is 0 Å². The van der Waals surface area contributed by atoms with E-state index in [9.17, 15) is 24.7 Å². The minimum absolute atomic E-state index is 0.00536. The summed E-state index contributed by atoms with van der Waals surface area (Å²) < 4.78 is 199. The zero-order chi connectivity index (χ0) is 90.5. The first-order valence-electron chi connectivity index (χ1n) is 45.9. The topological polar surface area (TPSA) is 11.4 Å². The van der Waals surface area contributed by atoms with Gasteiger partial charge in [0, 0.05) is 44.9 Å². The summed E-state index contributed by atoms with van der Waals surface area (Å²) >= 11 is 0. The van der Waals surface area contributed by atoms with E-state index < -0.39 is 98.4 Å². The average Bonchev–Trinajstić information content (AvgIpc) is 1.21. The summed E-state index contributed by atoms with van der Waals surface area (Å²) in [6, 6.07) is 26.4. The molecule has 4 heteroatoms. The lowest BCUT2D eigenvalue weighted by Crippen LogP contribution is -2.61. The Kier molecular flexibility index (Phi) is 11.8. The molecule has 0 saturated carbocycles. The first-order chi connectivity index (χ1) is 56.0. The lowest BCUT2D eigenvalue weighted by Gasteiger charge is -2.45. The van der Waals surface area contributed by atoms with Crippen LogP contribution in [0.4, 0.5) is 34.1 Å². The fourth-order valence-electron chi connectivity index (χ4n) is 13.7. The Hall–Kier alpha value is -9.12. The molecular weight excluding hydrogens is 1230 g/mol. The molecule has 0 atom stereocenters. The second-order valence-corrected chi connectivity index (χ2v) is 36.4. The summed E-state index contributed by atoms with van der Waals surface area (Å²) in [7, 11) is 0. The number of benzene rings is 11. The van der Waals surface area contributed by atoms with Gasteiger partial charge in [-0.15, -0.1) is 0 Å². The van der Waals surface area contributed by atoms with Crippen LogP contribution in [0.2, 0.25) is 0 Å². The normalized spacial score (nSPS) is 16.6. The van der Waals surface area contributed by atoms with Gasteiger partial charge >= 0.3 is 0 Å². The van der Waals surface area contributed by atoms with Crippen LogP contribution in [0, 0.1) is 0 Å². The number of rotatable bonds is 7. The van der Waals surface area contributed by atoms with E-state index in [4.69, 9.17) is 2.74 Å². The van der Waals surface area contributed by atoms with E-state index in [1.165, 1.54) is 4.57 Å². The Morgan fingerprint density at radius 2 is 0.510 bits per heavy atom. The van der Waals surface area contributed by atoms with Gasteiger partial charge in [0.05, 0.1) is 44.1 Å². The van der Waals surface area contributed by atoms with E-state index in [1.807, 2.05) is 273 Å². The van der Waals surface area contributed by atoms with Crippen LogP contribution in [0.1, 0.15) is 238 Å². The number of aromatic nitrogens is 1. The zero-order valence-electron chi connectivity index (χ0n) is 84.2. The maximum atomic E-state index is 10.4. The highest BCUT2D eigenvalue weighted by Gasteiger charge is 2.45. The van der Waals surface area contributed by atoms with Crippen LogP contribution in [0.15, 0.2) is 218 Å². The van der Waals surface area contributed by atoms with Gasteiger partial charge in [-0.3, -0.25) is 0 Å². The molecule has 3 heterocycles. The van der Waals surface area contributed by atoms with E-state index in [-0.39, 0.29) is 111 Å². The van der Waals surface area contributed by atoms with Crippen LogP contribution in [0.3, 0.4) is 0 Å². The van der Waals surface area contributed by atoms with E-state index in [0.29, 0.717) is 128 Å². The Balaban J connectivity index is 1.21. The molecule has 3 nitrogen and oxygen atoms in total. The average molecular weight is 1360 g/mol. The van der Waals surface area contributed by atoms with Gasteiger partial charge in [0.2, 0.25) is 0 Å². The fourth-order valence-corrected chi connectivity index (χ4v) is 13.7. The molecule has 102 heavy (non-hydrogen) atoms. The predicted molar refractivity (Wildman–Crippen MR) is 446 cm³/mol. The molecule has 14 rings (SSSR count). The summed E-state index contributed by atoms with van der Waals surface area (Å²) in [5.74, 6) is 0. The molecule has 0 fully saturated rings. The number of nitrogens with zero attached hydrogens (tertiary/aromatic N) is 3. The number of hydrogen-bond acceptors (Lipinski definition) is 2. The van der Waals surface area contributed by atoms with Gasteiger partial charge in [-0.25, -0.2) is 0 Å². The van der Waals surface area contributed by atoms with Crippen molar-refractivity contribution in [2.24, 2.45) is 0 Å². The summed E-state index contributed by atoms with van der Waals surface area (Å²) in [6.07, 6.45) is 0. The molecule has 0 saturated heterocycles. The maximum Gasteiger partial charge on any atom is 0.252 e. The van der Waals surface area contributed by atoms with Crippen LogP contribution >= 0.6 is 0 Å². The molecule has 12 aromatic rings. The lowest BCUT2D eigenvalue weighted by molar-refractivity contribution is 0.568. The molecule has 0 unspecified atom stereocenters. The number of para-hydroxylation sites is 2. The second kappa shape index (κ2) is 24.3. The molecular formula is C98H108BN3. The smallest absolute Gasteiger partial charge is 0.252 e. The number of fused-ring (bicyclic) bond motifs is 7. The predicted octanol–water partition coefficient (Wildman–Crippen LogP) is 25.9. The summed E-state index contributed by atoms with van der Waals surface area (Å²) in [5.41, 5.74) is 5.80. The van der Waals surface area contributed by atoms with Gasteiger partial charge in [-0.1, -0.05) is 323 Å². The van der Waals surface area contributed by atoms with Crippen LogP contribution < -0.4 is 26.2 Å². The second-order valence-electron chi connectivity index (χ2n) is 36.4. The van der Waals surface area contributed by atoms with Crippen molar-refractivity contribution < 1.29 is 27.4 Å². The molecule has 11 aromatic carbocycles. The van der Waals surface area contributed by atoms with Crippen molar-refractivity contribution in [1.82, 2.24) is 4.57 Å². The van der Waals surface area contributed by atoms with Gasteiger partial charge in [-0.05, 0) is 209 Å². The van der Waals surface area contributed by atoms with Crippen molar-refractivity contribution in [3.05, 3.63) is 262 Å². The highest BCUT2D eigenvalue weighted by atomic mass is 15.2. The van der Waals surface area contributed by atoms with Crippen molar-refractivity contribution >= 4 is 79.0 Å². The minimum Gasteiger partial charge on any atom is -0.311 e. The molecule has 1 aromatic heterocycles. The molecule has 0 radical (unpaired) electrons. The first kappa shape index (κ1) is 49.5.